The summed E-state index contributed by atoms with van der Waals surface area (Å²) >= 11 is 0. The van der Waals surface area contributed by atoms with Crippen LogP contribution in [-0.4, -0.2) is 29.8 Å². The highest BCUT2D eigenvalue weighted by molar-refractivity contribution is 5.80. The van der Waals surface area contributed by atoms with Crippen molar-refractivity contribution in [3.63, 3.8) is 0 Å². The molecule has 0 spiro atoms. The molecule has 0 aliphatic rings. The molecule has 0 heterocycles. The molecule has 3 N–H and O–H groups in total. The summed E-state index contributed by atoms with van der Waals surface area (Å²) in [5.74, 6) is -1.11. The largest absolute Gasteiger partial charge is 0.444 e. The maximum atomic E-state index is 13.0. The minimum Gasteiger partial charge on any atom is -0.444 e. The lowest BCUT2D eigenvalue weighted by Crippen LogP contribution is -2.46. The molecule has 0 saturated carbocycles. The predicted molar refractivity (Wildman–Crippen MR) is 52.9 cm³/mol. The number of halogens is 1. The summed E-state index contributed by atoms with van der Waals surface area (Å²) in [4.78, 5) is 21.6. The molecule has 0 saturated heterocycles. The van der Waals surface area contributed by atoms with Crippen LogP contribution in [0.4, 0.5) is 9.18 Å². The lowest BCUT2D eigenvalue weighted by atomic mass is 10.2. The third-order valence-electron chi connectivity index (χ3n) is 1.46. The fraction of sp³-hybridized carbons (Fsp3) is 0.778. The number of carbonyl (C=O) groups is 2. The van der Waals surface area contributed by atoms with Crippen molar-refractivity contribution in [1.29, 1.82) is 0 Å². The van der Waals surface area contributed by atoms with Gasteiger partial charge >= 0.3 is 6.09 Å². The summed E-state index contributed by atoms with van der Waals surface area (Å²) < 4.78 is 17.8. The van der Waals surface area contributed by atoms with Gasteiger partial charge in [-0.2, -0.15) is 0 Å². The zero-order valence-corrected chi connectivity index (χ0v) is 9.33. The average molecular weight is 220 g/mol. The minimum atomic E-state index is -1.92. The summed E-state index contributed by atoms with van der Waals surface area (Å²) in [6.07, 6.45) is -2.70. The Bertz CT molecular complexity index is 250. The van der Waals surface area contributed by atoms with Gasteiger partial charge in [0.2, 0.25) is 0 Å². The molecule has 0 rings (SSSR count). The monoisotopic (exact) mass is 220 g/mol. The summed E-state index contributed by atoms with van der Waals surface area (Å²) in [6.45, 7) is 6.37. The third kappa shape index (κ3) is 5.87. The number of rotatable bonds is 3. The van der Waals surface area contributed by atoms with Crippen LogP contribution in [0.2, 0.25) is 0 Å². The van der Waals surface area contributed by atoms with Gasteiger partial charge < -0.3 is 15.8 Å². The van der Waals surface area contributed by atoms with Gasteiger partial charge in [0.05, 0.1) is 6.04 Å². The van der Waals surface area contributed by atoms with E-state index in [1.54, 1.807) is 20.8 Å². The van der Waals surface area contributed by atoms with Crippen LogP contribution in [0.3, 0.4) is 0 Å². The van der Waals surface area contributed by atoms with Gasteiger partial charge in [0.25, 0.3) is 5.91 Å². The van der Waals surface area contributed by atoms with Crippen LogP contribution in [0.25, 0.3) is 0 Å². The first-order chi connectivity index (χ1) is 6.63. The second-order valence-electron chi connectivity index (χ2n) is 4.24. The summed E-state index contributed by atoms with van der Waals surface area (Å²) in [6, 6.07) is -1.00. The molecule has 88 valence electrons. The van der Waals surface area contributed by atoms with Crippen molar-refractivity contribution < 1.29 is 18.7 Å². The molecule has 0 aromatic rings. The zero-order chi connectivity index (χ0) is 12.2. The van der Waals surface area contributed by atoms with Crippen LogP contribution in [0.15, 0.2) is 0 Å². The number of primary amides is 1. The molecule has 0 fully saturated rings. The highest BCUT2D eigenvalue weighted by Crippen LogP contribution is 2.07. The Hall–Kier alpha value is -1.33. The zero-order valence-electron chi connectivity index (χ0n) is 9.33. The van der Waals surface area contributed by atoms with Gasteiger partial charge in [-0.25, -0.2) is 9.18 Å². The van der Waals surface area contributed by atoms with Crippen LogP contribution >= 0.6 is 0 Å². The number of carbonyl (C=O) groups excluding carboxylic acids is 2. The van der Waals surface area contributed by atoms with Crippen LogP contribution in [-0.2, 0) is 9.53 Å². The molecule has 5 nitrogen and oxygen atoms in total. The van der Waals surface area contributed by atoms with Crippen LogP contribution in [0.5, 0.6) is 0 Å². The maximum Gasteiger partial charge on any atom is 0.407 e. The van der Waals surface area contributed by atoms with E-state index >= 15 is 0 Å². The molecule has 0 aliphatic carbocycles. The molecule has 2 amide bonds. The quantitative estimate of drug-likeness (QED) is 0.735. The lowest BCUT2D eigenvalue weighted by molar-refractivity contribution is -0.123. The molecule has 2 atom stereocenters. The normalized spacial score (nSPS) is 15.3. The first-order valence-corrected chi connectivity index (χ1v) is 4.56. The van der Waals surface area contributed by atoms with E-state index in [0.29, 0.717) is 0 Å². The number of nitrogens with one attached hydrogen (secondary N) is 1. The van der Waals surface area contributed by atoms with Gasteiger partial charge in [-0.05, 0) is 27.7 Å². The molecular weight excluding hydrogens is 203 g/mol. The Morgan fingerprint density at radius 1 is 1.40 bits per heavy atom. The van der Waals surface area contributed by atoms with E-state index in [9.17, 15) is 14.0 Å². The molecule has 0 bridgehead atoms. The molecule has 0 aromatic carbocycles. The van der Waals surface area contributed by atoms with Crippen molar-refractivity contribution >= 4 is 12.0 Å². The Labute approximate surface area is 88.2 Å². The topological polar surface area (TPSA) is 81.4 Å². The van der Waals surface area contributed by atoms with E-state index in [-0.39, 0.29) is 0 Å². The van der Waals surface area contributed by atoms with Crippen molar-refractivity contribution in [1.82, 2.24) is 5.32 Å². The summed E-state index contributed by atoms with van der Waals surface area (Å²) in [5, 5.41) is 2.18. The molecule has 0 aromatic heterocycles. The number of nitrogens with two attached hydrogens (primary N) is 1. The van der Waals surface area contributed by atoms with Crippen molar-refractivity contribution in [2.45, 2.75) is 45.5 Å². The van der Waals surface area contributed by atoms with Gasteiger partial charge in [0.1, 0.15) is 5.60 Å². The highest BCUT2D eigenvalue weighted by Gasteiger charge is 2.25. The number of alkyl carbamates (subject to hydrolysis) is 1. The maximum absolute atomic E-state index is 13.0. The van der Waals surface area contributed by atoms with Gasteiger partial charge in [0.15, 0.2) is 6.17 Å². The molecule has 15 heavy (non-hydrogen) atoms. The molecule has 0 unspecified atom stereocenters. The van der Waals surface area contributed by atoms with E-state index in [1.807, 2.05) is 0 Å². The van der Waals surface area contributed by atoms with Crippen LogP contribution in [0, 0.1) is 0 Å². The number of ether oxygens (including phenoxy) is 1. The predicted octanol–water partition coefficient (Wildman–Crippen LogP) is 0.723. The molecule has 6 heteroatoms. The third-order valence-corrected chi connectivity index (χ3v) is 1.46. The van der Waals surface area contributed by atoms with Crippen molar-refractivity contribution in [2.75, 3.05) is 0 Å². The van der Waals surface area contributed by atoms with Crippen molar-refractivity contribution in [3.05, 3.63) is 0 Å². The van der Waals surface area contributed by atoms with Gasteiger partial charge in [-0.15, -0.1) is 0 Å². The van der Waals surface area contributed by atoms with Gasteiger partial charge in [-0.3, -0.25) is 4.79 Å². The Morgan fingerprint density at radius 3 is 2.20 bits per heavy atom. The number of hydrogen-bond acceptors (Lipinski definition) is 3. The van der Waals surface area contributed by atoms with E-state index in [1.165, 1.54) is 6.92 Å². The highest BCUT2D eigenvalue weighted by atomic mass is 19.1. The van der Waals surface area contributed by atoms with E-state index < -0.39 is 29.8 Å². The second-order valence-corrected chi connectivity index (χ2v) is 4.24. The molecular formula is C9H17FN2O3. The molecule has 0 radical (unpaired) electrons. The van der Waals surface area contributed by atoms with Crippen molar-refractivity contribution in [3.8, 4) is 0 Å². The standard InChI is InChI=1S/C9H17FN2O3/c1-5(6(10)7(11)13)12-8(14)15-9(2,3)4/h5-6H,1-4H3,(H2,11,13)(H,12,14)/t5-,6-/m0/s1. The second kappa shape index (κ2) is 4.95. The first kappa shape index (κ1) is 13.7. The van der Waals surface area contributed by atoms with E-state index in [0.717, 1.165) is 0 Å². The van der Waals surface area contributed by atoms with Gasteiger partial charge in [-0.1, -0.05) is 0 Å². The number of hydrogen-bond donors (Lipinski definition) is 2. The number of amides is 2. The lowest BCUT2D eigenvalue weighted by Gasteiger charge is -2.22. The van der Waals surface area contributed by atoms with Crippen LogP contribution < -0.4 is 11.1 Å². The minimum absolute atomic E-state index is 0.664. The first-order valence-electron chi connectivity index (χ1n) is 4.56. The fourth-order valence-electron chi connectivity index (χ4n) is 0.813. The van der Waals surface area contributed by atoms with Crippen LogP contribution in [0.1, 0.15) is 27.7 Å². The Morgan fingerprint density at radius 2 is 1.87 bits per heavy atom. The SMILES string of the molecule is C[C@H](NC(=O)OC(C)(C)C)[C@H](F)C(N)=O. The summed E-state index contributed by atoms with van der Waals surface area (Å²) in [5.41, 5.74) is 4.07. The Balaban J connectivity index is 4.13. The van der Waals surface area contributed by atoms with Gasteiger partial charge in [0, 0.05) is 0 Å². The number of alkyl halides is 1. The van der Waals surface area contributed by atoms with Crippen molar-refractivity contribution in [2.24, 2.45) is 5.73 Å². The Kier molecular flexibility index (Phi) is 4.51. The van der Waals surface area contributed by atoms with E-state index in [4.69, 9.17) is 10.5 Å². The molecule has 0 aliphatic heterocycles. The fourth-order valence-corrected chi connectivity index (χ4v) is 0.813. The smallest absolute Gasteiger partial charge is 0.407 e. The van der Waals surface area contributed by atoms with E-state index in [2.05, 4.69) is 5.32 Å². The average Bonchev–Trinajstić information content (AvgIpc) is 1.98. The summed E-state index contributed by atoms with van der Waals surface area (Å²) in [7, 11) is 0.